The van der Waals surface area contributed by atoms with Gasteiger partial charge in [-0.3, -0.25) is 0 Å². The van der Waals surface area contributed by atoms with E-state index < -0.39 is 15.4 Å². The van der Waals surface area contributed by atoms with Crippen molar-refractivity contribution in [1.82, 2.24) is 9.47 Å². The van der Waals surface area contributed by atoms with E-state index in [1.165, 1.54) is 0 Å². The first-order chi connectivity index (χ1) is 16.4. The molecule has 1 aliphatic rings. The SMILES string of the molecule is COc1ccc(S(=O)(=O)c2cn(C)c3cc(Cl)ccc23)cc1N1CCN(C(=O)OC(C)(C)C)CC1. The number of piperazine rings is 1. The van der Waals surface area contributed by atoms with Gasteiger partial charge >= 0.3 is 6.09 Å². The molecule has 0 spiro atoms. The predicted octanol–water partition coefficient (Wildman–Crippen LogP) is 4.73. The van der Waals surface area contributed by atoms with Gasteiger partial charge in [-0.1, -0.05) is 17.7 Å². The lowest BCUT2D eigenvalue weighted by atomic mass is 10.2. The molecule has 3 aromatic rings. The minimum Gasteiger partial charge on any atom is -0.495 e. The fraction of sp³-hybridized carbons (Fsp3) is 0.400. The molecule has 4 rings (SSSR count). The van der Waals surface area contributed by atoms with E-state index >= 15 is 0 Å². The van der Waals surface area contributed by atoms with Crippen LogP contribution < -0.4 is 9.64 Å². The van der Waals surface area contributed by atoms with Gasteiger partial charge in [-0.25, -0.2) is 13.2 Å². The molecule has 1 fully saturated rings. The van der Waals surface area contributed by atoms with Crippen LogP contribution in [0, 0.1) is 0 Å². The zero-order valence-corrected chi connectivity index (χ0v) is 22.1. The number of benzene rings is 2. The molecular formula is C25H30ClN3O5S. The average Bonchev–Trinajstić information content (AvgIpc) is 3.14. The summed E-state index contributed by atoms with van der Waals surface area (Å²) in [5.74, 6) is 0.569. The number of anilines is 1. The van der Waals surface area contributed by atoms with Crippen molar-refractivity contribution in [1.29, 1.82) is 0 Å². The van der Waals surface area contributed by atoms with Crippen LogP contribution in [-0.2, 0) is 21.6 Å². The fourth-order valence-corrected chi connectivity index (χ4v) is 5.89. The van der Waals surface area contributed by atoms with Gasteiger partial charge < -0.3 is 23.8 Å². The number of amides is 1. The molecule has 10 heteroatoms. The third kappa shape index (κ3) is 5.06. The Hall–Kier alpha value is -2.91. The number of ether oxygens (including phenoxy) is 2. The van der Waals surface area contributed by atoms with E-state index in [9.17, 15) is 13.2 Å². The number of carbonyl (C=O) groups excluding carboxylic acids is 1. The van der Waals surface area contributed by atoms with E-state index in [1.54, 1.807) is 66.2 Å². The smallest absolute Gasteiger partial charge is 0.410 e. The third-order valence-corrected chi connectivity index (χ3v) is 7.95. The van der Waals surface area contributed by atoms with E-state index in [4.69, 9.17) is 21.1 Å². The molecular weight excluding hydrogens is 490 g/mol. The summed E-state index contributed by atoms with van der Waals surface area (Å²) < 4.78 is 40.1. The highest BCUT2D eigenvalue weighted by Gasteiger charge is 2.29. The van der Waals surface area contributed by atoms with Gasteiger partial charge in [0.15, 0.2) is 0 Å². The first-order valence-corrected chi connectivity index (χ1v) is 13.2. The Bertz CT molecular complexity index is 1370. The molecule has 188 valence electrons. The molecule has 2 heterocycles. The minimum atomic E-state index is -3.82. The average molecular weight is 520 g/mol. The topological polar surface area (TPSA) is 81.1 Å². The van der Waals surface area contributed by atoms with Crippen molar-refractivity contribution in [3.8, 4) is 5.75 Å². The Morgan fingerprint density at radius 3 is 2.34 bits per heavy atom. The van der Waals surface area contributed by atoms with Crippen LogP contribution in [0.5, 0.6) is 5.75 Å². The monoisotopic (exact) mass is 519 g/mol. The van der Waals surface area contributed by atoms with Crippen LogP contribution in [0.1, 0.15) is 20.8 Å². The third-order valence-electron chi connectivity index (χ3n) is 5.94. The summed E-state index contributed by atoms with van der Waals surface area (Å²) in [5.41, 5.74) is 0.844. The molecule has 0 aliphatic carbocycles. The second-order valence-corrected chi connectivity index (χ2v) is 11.9. The summed E-state index contributed by atoms with van der Waals surface area (Å²) in [6, 6.07) is 10.0. The van der Waals surface area contributed by atoms with Crippen LogP contribution in [0.25, 0.3) is 10.9 Å². The van der Waals surface area contributed by atoms with Crippen LogP contribution >= 0.6 is 11.6 Å². The lowest BCUT2D eigenvalue weighted by Gasteiger charge is -2.37. The van der Waals surface area contributed by atoms with Gasteiger partial charge in [-0.2, -0.15) is 0 Å². The maximum absolute atomic E-state index is 13.7. The van der Waals surface area contributed by atoms with E-state index in [2.05, 4.69) is 0 Å². The van der Waals surface area contributed by atoms with Gasteiger partial charge in [0, 0.05) is 49.8 Å². The van der Waals surface area contributed by atoms with Crippen LogP contribution in [0.4, 0.5) is 10.5 Å². The van der Waals surface area contributed by atoms with Gasteiger partial charge in [0.1, 0.15) is 11.4 Å². The Morgan fingerprint density at radius 1 is 1.03 bits per heavy atom. The zero-order valence-electron chi connectivity index (χ0n) is 20.5. The maximum Gasteiger partial charge on any atom is 0.410 e. The summed E-state index contributed by atoms with van der Waals surface area (Å²) >= 11 is 6.12. The van der Waals surface area contributed by atoms with Crippen molar-refractivity contribution in [2.24, 2.45) is 7.05 Å². The second-order valence-electron chi connectivity index (χ2n) is 9.56. The van der Waals surface area contributed by atoms with Crippen LogP contribution in [0.3, 0.4) is 0 Å². The van der Waals surface area contributed by atoms with Gasteiger partial charge in [0.05, 0.1) is 28.1 Å². The summed E-state index contributed by atoms with van der Waals surface area (Å²) in [7, 11) is -0.472. The predicted molar refractivity (Wildman–Crippen MR) is 136 cm³/mol. The van der Waals surface area contributed by atoms with Crippen molar-refractivity contribution in [2.75, 3.05) is 38.2 Å². The number of aromatic nitrogens is 1. The molecule has 2 aromatic carbocycles. The fourth-order valence-electron chi connectivity index (χ4n) is 4.20. The first-order valence-electron chi connectivity index (χ1n) is 11.3. The lowest BCUT2D eigenvalue weighted by molar-refractivity contribution is 0.0240. The maximum atomic E-state index is 13.7. The number of rotatable bonds is 4. The summed E-state index contributed by atoms with van der Waals surface area (Å²) in [6.07, 6.45) is 1.26. The van der Waals surface area contributed by atoms with Crippen molar-refractivity contribution >= 4 is 44.1 Å². The van der Waals surface area contributed by atoms with Crippen molar-refractivity contribution in [2.45, 2.75) is 36.2 Å². The van der Waals surface area contributed by atoms with Gasteiger partial charge in [-0.15, -0.1) is 0 Å². The van der Waals surface area contributed by atoms with Gasteiger partial charge in [0.25, 0.3) is 0 Å². The van der Waals surface area contributed by atoms with Gasteiger partial charge in [0.2, 0.25) is 9.84 Å². The number of hydrogen-bond acceptors (Lipinski definition) is 6. The molecule has 0 radical (unpaired) electrons. The number of sulfone groups is 1. The van der Waals surface area contributed by atoms with E-state index in [0.717, 1.165) is 5.52 Å². The summed E-state index contributed by atoms with van der Waals surface area (Å²) in [6.45, 7) is 7.46. The molecule has 0 saturated carbocycles. The second kappa shape index (κ2) is 9.28. The summed E-state index contributed by atoms with van der Waals surface area (Å²) in [4.78, 5) is 16.5. The minimum absolute atomic E-state index is 0.172. The Morgan fingerprint density at radius 2 is 1.71 bits per heavy atom. The van der Waals surface area contributed by atoms with Crippen LogP contribution in [0.15, 0.2) is 52.4 Å². The first kappa shape index (κ1) is 25.2. The molecule has 0 N–H and O–H groups in total. The normalized spacial score (nSPS) is 14.9. The highest BCUT2D eigenvalue weighted by Crippen LogP contribution is 2.36. The number of aryl methyl sites for hydroxylation is 1. The molecule has 8 nitrogen and oxygen atoms in total. The quantitative estimate of drug-likeness (QED) is 0.495. The highest BCUT2D eigenvalue weighted by atomic mass is 35.5. The van der Waals surface area contributed by atoms with E-state index in [0.29, 0.717) is 48.0 Å². The molecule has 1 saturated heterocycles. The van der Waals surface area contributed by atoms with E-state index in [1.807, 2.05) is 25.7 Å². The van der Waals surface area contributed by atoms with Crippen molar-refractivity contribution < 1.29 is 22.7 Å². The largest absolute Gasteiger partial charge is 0.495 e. The molecule has 0 bridgehead atoms. The zero-order chi connectivity index (χ0) is 25.5. The number of fused-ring (bicyclic) bond motifs is 1. The highest BCUT2D eigenvalue weighted by molar-refractivity contribution is 7.91. The molecule has 35 heavy (non-hydrogen) atoms. The van der Waals surface area contributed by atoms with Crippen molar-refractivity contribution in [3.05, 3.63) is 47.6 Å². The number of methoxy groups -OCH3 is 1. The molecule has 0 unspecified atom stereocenters. The number of halogens is 1. The van der Waals surface area contributed by atoms with Gasteiger partial charge in [-0.05, 0) is 51.1 Å². The number of nitrogens with zero attached hydrogens (tertiary/aromatic N) is 3. The van der Waals surface area contributed by atoms with Crippen LogP contribution in [-0.4, -0.2) is 62.9 Å². The van der Waals surface area contributed by atoms with E-state index in [-0.39, 0.29) is 15.9 Å². The molecule has 1 aliphatic heterocycles. The number of carbonyl (C=O) groups is 1. The Kier molecular flexibility index (Phi) is 6.68. The molecule has 0 atom stereocenters. The molecule has 1 aromatic heterocycles. The van der Waals surface area contributed by atoms with Crippen molar-refractivity contribution in [3.63, 3.8) is 0 Å². The lowest BCUT2D eigenvalue weighted by Crippen LogP contribution is -2.50. The Balaban J connectivity index is 1.63. The number of hydrogen-bond donors (Lipinski definition) is 0. The Labute approximate surface area is 210 Å². The standard InChI is InChI=1S/C25H30ClN3O5S/c1-25(2,3)34-24(30)29-12-10-28(11-13-29)21-15-18(7-9-22(21)33-5)35(31,32)23-16-27(4)20-14-17(26)6-8-19(20)23/h6-9,14-16H,10-13H2,1-5H3. The van der Waals surface area contributed by atoms with Crippen LogP contribution in [0.2, 0.25) is 5.02 Å². The molecule has 1 amide bonds. The summed E-state index contributed by atoms with van der Waals surface area (Å²) in [5, 5.41) is 1.15.